The Hall–Kier alpha value is -2.44. The molecular formula is C25H40N4O6S2. The summed E-state index contributed by atoms with van der Waals surface area (Å²) in [4.78, 5) is 50.8. The highest BCUT2D eigenvalue weighted by Gasteiger charge is 2.31. The summed E-state index contributed by atoms with van der Waals surface area (Å²) in [5.74, 6) is -1.75. The summed E-state index contributed by atoms with van der Waals surface area (Å²) in [6.07, 6.45) is 5.02. The molecule has 0 saturated carbocycles. The van der Waals surface area contributed by atoms with Gasteiger partial charge in [0.2, 0.25) is 17.7 Å². The van der Waals surface area contributed by atoms with E-state index in [0.717, 1.165) is 0 Å². The van der Waals surface area contributed by atoms with Gasteiger partial charge in [0.15, 0.2) is 0 Å². The Morgan fingerprint density at radius 3 is 1.86 bits per heavy atom. The van der Waals surface area contributed by atoms with Gasteiger partial charge in [-0.05, 0) is 60.5 Å². The van der Waals surface area contributed by atoms with E-state index in [1.807, 2.05) is 26.4 Å². The molecule has 3 amide bonds. The number of carboxylic acid groups (broad SMARTS) is 1. The zero-order valence-electron chi connectivity index (χ0n) is 21.9. The number of benzene rings is 1. The van der Waals surface area contributed by atoms with E-state index in [1.54, 1.807) is 12.1 Å². The van der Waals surface area contributed by atoms with Crippen LogP contribution in [0, 0.1) is 5.92 Å². The number of thioether (sulfide) groups is 2. The number of phenols is 1. The molecule has 1 rings (SSSR count). The third kappa shape index (κ3) is 11.7. The average molecular weight is 557 g/mol. The normalized spacial score (nSPS) is 15.1. The number of phenolic OH excluding ortho intramolecular Hbond substituents is 1. The lowest BCUT2D eigenvalue weighted by atomic mass is 9.98. The van der Waals surface area contributed by atoms with Crippen LogP contribution in [0.2, 0.25) is 0 Å². The van der Waals surface area contributed by atoms with Gasteiger partial charge in [0.25, 0.3) is 0 Å². The summed E-state index contributed by atoms with van der Waals surface area (Å²) in [6.45, 7) is 3.76. The molecule has 37 heavy (non-hydrogen) atoms. The van der Waals surface area contributed by atoms with Gasteiger partial charge in [-0.2, -0.15) is 23.5 Å². The summed E-state index contributed by atoms with van der Waals surface area (Å²) in [6, 6.07) is 2.31. The van der Waals surface area contributed by atoms with Crippen LogP contribution >= 0.6 is 23.5 Å². The molecule has 5 atom stereocenters. The van der Waals surface area contributed by atoms with Gasteiger partial charge >= 0.3 is 5.97 Å². The lowest BCUT2D eigenvalue weighted by Crippen LogP contribution is -2.58. The predicted molar refractivity (Wildman–Crippen MR) is 149 cm³/mol. The van der Waals surface area contributed by atoms with E-state index in [9.17, 15) is 29.4 Å². The highest BCUT2D eigenvalue weighted by atomic mass is 32.2. The molecule has 1 aromatic rings. The number of amides is 3. The van der Waals surface area contributed by atoms with Gasteiger partial charge in [-0.25, -0.2) is 4.79 Å². The lowest BCUT2D eigenvalue weighted by Gasteiger charge is -2.26. The van der Waals surface area contributed by atoms with Crippen molar-refractivity contribution < 1.29 is 29.4 Å². The smallest absolute Gasteiger partial charge is 0.326 e. The minimum atomic E-state index is -1.14. The maximum Gasteiger partial charge on any atom is 0.326 e. The molecule has 208 valence electrons. The molecule has 0 radical (unpaired) electrons. The van der Waals surface area contributed by atoms with E-state index in [1.165, 1.54) is 35.7 Å². The minimum Gasteiger partial charge on any atom is -0.508 e. The average Bonchev–Trinajstić information content (AvgIpc) is 2.88. The summed E-state index contributed by atoms with van der Waals surface area (Å²) in [5, 5.41) is 27.0. The fourth-order valence-corrected chi connectivity index (χ4v) is 4.34. The molecular weight excluding hydrogens is 516 g/mol. The Morgan fingerprint density at radius 2 is 1.35 bits per heavy atom. The maximum absolute atomic E-state index is 13.4. The van der Waals surface area contributed by atoms with E-state index in [-0.39, 0.29) is 30.9 Å². The van der Waals surface area contributed by atoms with E-state index in [0.29, 0.717) is 23.5 Å². The largest absolute Gasteiger partial charge is 0.508 e. The fourth-order valence-electron chi connectivity index (χ4n) is 3.40. The van der Waals surface area contributed by atoms with Crippen LogP contribution < -0.4 is 21.7 Å². The number of hydrogen-bond donors (Lipinski definition) is 6. The highest BCUT2D eigenvalue weighted by Crippen LogP contribution is 2.13. The molecule has 12 heteroatoms. The van der Waals surface area contributed by atoms with Crippen LogP contribution in [0.4, 0.5) is 0 Å². The van der Waals surface area contributed by atoms with Crippen LogP contribution in [0.15, 0.2) is 24.3 Å². The van der Waals surface area contributed by atoms with Crippen LogP contribution in [-0.2, 0) is 25.6 Å². The van der Waals surface area contributed by atoms with Crippen molar-refractivity contribution in [1.29, 1.82) is 0 Å². The first-order valence-corrected chi connectivity index (χ1v) is 15.0. The van der Waals surface area contributed by atoms with Gasteiger partial charge < -0.3 is 31.9 Å². The van der Waals surface area contributed by atoms with Gasteiger partial charge in [-0.1, -0.05) is 32.4 Å². The number of hydrogen-bond acceptors (Lipinski definition) is 8. The van der Waals surface area contributed by atoms with Crippen LogP contribution in [0.3, 0.4) is 0 Å². The van der Waals surface area contributed by atoms with E-state index in [4.69, 9.17) is 5.73 Å². The number of nitrogens with one attached hydrogen (secondary N) is 3. The molecule has 0 aliphatic carbocycles. The minimum absolute atomic E-state index is 0.0656. The van der Waals surface area contributed by atoms with E-state index < -0.39 is 47.9 Å². The highest BCUT2D eigenvalue weighted by molar-refractivity contribution is 7.98. The van der Waals surface area contributed by atoms with Gasteiger partial charge in [0, 0.05) is 6.42 Å². The number of rotatable bonds is 17. The third-order valence-corrected chi connectivity index (χ3v) is 7.33. The summed E-state index contributed by atoms with van der Waals surface area (Å²) in [7, 11) is 0. The molecule has 0 aromatic heterocycles. The Bertz CT molecular complexity index is 886. The van der Waals surface area contributed by atoms with Gasteiger partial charge in [0.1, 0.15) is 23.9 Å². The van der Waals surface area contributed by atoms with Crippen LogP contribution in [0.1, 0.15) is 38.7 Å². The van der Waals surface area contributed by atoms with Gasteiger partial charge in [0.05, 0.1) is 6.04 Å². The second-order valence-corrected chi connectivity index (χ2v) is 10.8. The first-order chi connectivity index (χ1) is 17.5. The Morgan fingerprint density at radius 1 is 0.865 bits per heavy atom. The predicted octanol–water partition coefficient (Wildman–Crippen LogP) is 1.35. The zero-order chi connectivity index (χ0) is 28.0. The standard InChI is InChI=1S/C25H40N4O6S2/c1-5-15(2)21(26)24(33)29-20(14-16-6-8-17(30)9-7-16)23(32)27-18(10-12-36-3)22(31)28-19(25(34)35)11-13-37-4/h6-9,15,18-21,30H,5,10-14,26H2,1-4H3,(H,27,32)(H,28,31)(H,29,33)(H,34,35). The van der Waals surface area contributed by atoms with Gasteiger partial charge in [-0.3, -0.25) is 14.4 Å². The third-order valence-electron chi connectivity index (χ3n) is 6.04. The first kappa shape index (κ1) is 32.6. The molecule has 0 bridgehead atoms. The number of carbonyl (C=O) groups is 4. The number of aromatic hydroxyl groups is 1. The Kier molecular flexibility index (Phi) is 15.1. The molecule has 5 unspecified atom stereocenters. The maximum atomic E-state index is 13.4. The van der Waals surface area contributed by atoms with Crippen molar-refractivity contribution in [3.8, 4) is 5.75 Å². The van der Waals surface area contributed by atoms with Crippen molar-refractivity contribution >= 4 is 47.2 Å². The van der Waals surface area contributed by atoms with Crippen LogP contribution in [-0.4, -0.2) is 82.1 Å². The molecule has 0 heterocycles. The number of carboxylic acids is 1. The molecule has 7 N–H and O–H groups in total. The molecule has 0 saturated heterocycles. The van der Waals surface area contributed by atoms with Gasteiger partial charge in [-0.15, -0.1) is 0 Å². The quantitative estimate of drug-likeness (QED) is 0.166. The molecule has 0 spiro atoms. The lowest BCUT2D eigenvalue weighted by molar-refractivity contribution is -0.142. The molecule has 10 nitrogen and oxygen atoms in total. The van der Waals surface area contributed by atoms with E-state index >= 15 is 0 Å². The second kappa shape index (κ2) is 17.1. The topological polar surface area (TPSA) is 171 Å². The first-order valence-electron chi connectivity index (χ1n) is 12.2. The monoisotopic (exact) mass is 556 g/mol. The van der Waals surface area contributed by atoms with Crippen molar-refractivity contribution in [3.63, 3.8) is 0 Å². The Balaban J connectivity index is 3.11. The molecule has 0 aliphatic rings. The van der Waals surface area contributed by atoms with Crippen molar-refractivity contribution in [2.75, 3.05) is 24.0 Å². The number of aliphatic carboxylic acids is 1. The number of nitrogens with two attached hydrogens (primary N) is 1. The molecule has 1 aromatic carbocycles. The Labute approximate surface area is 227 Å². The van der Waals surface area contributed by atoms with Crippen molar-refractivity contribution in [2.24, 2.45) is 11.7 Å². The van der Waals surface area contributed by atoms with Crippen LogP contribution in [0.25, 0.3) is 0 Å². The van der Waals surface area contributed by atoms with E-state index in [2.05, 4.69) is 16.0 Å². The SMILES string of the molecule is CCC(C)C(N)C(=O)NC(Cc1ccc(O)cc1)C(=O)NC(CCSC)C(=O)NC(CCSC)C(=O)O. The second-order valence-electron chi connectivity index (χ2n) is 8.87. The van der Waals surface area contributed by atoms with Crippen molar-refractivity contribution in [2.45, 2.75) is 63.7 Å². The fraction of sp³-hybridized carbons (Fsp3) is 0.600. The van der Waals surface area contributed by atoms with Crippen molar-refractivity contribution in [1.82, 2.24) is 16.0 Å². The zero-order valence-corrected chi connectivity index (χ0v) is 23.5. The summed E-state index contributed by atoms with van der Waals surface area (Å²) >= 11 is 2.96. The van der Waals surface area contributed by atoms with Crippen LogP contribution in [0.5, 0.6) is 5.75 Å². The molecule has 0 fully saturated rings. The number of carbonyl (C=O) groups excluding carboxylic acids is 3. The van der Waals surface area contributed by atoms with Crippen molar-refractivity contribution in [3.05, 3.63) is 29.8 Å². The molecule has 0 aliphatic heterocycles. The summed E-state index contributed by atoms with van der Waals surface area (Å²) < 4.78 is 0. The summed E-state index contributed by atoms with van der Waals surface area (Å²) in [5.41, 5.74) is 6.75.